The molecule has 0 unspecified atom stereocenters. The van der Waals surface area contributed by atoms with E-state index in [1.807, 2.05) is 31.2 Å². The second-order valence-electron chi connectivity index (χ2n) is 6.78. The van der Waals surface area contributed by atoms with Crippen molar-refractivity contribution < 1.29 is 14.5 Å². The van der Waals surface area contributed by atoms with Gasteiger partial charge in [0.25, 0.3) is 11.6 Å². The van der Waals surface area contributed by atoms with Gasteiger partial charge in [-0.25, -0.2) is 0 Å². The van der Waals surface area contributed by atoms with Crippen LogP contribution in [0.1, 0.15) is 16.7 Å². The number of nitro benzene ring substituents is 1. The molecule has 31 heavy (non-hydrogen) atoms. The summed E-state index contributed by atoms with van der Waals surface area (Å²) >= 11 is 0. The van der Waals surface area contributed by atoms with Gasteiger partial charge in [-0.2, -0.15) is 5.26 Å². The van der Waals surface area contributed by atoms with E-state index in [2.05, 4.69) is 11.4 Å². The molecule has 3 rings (SSSR count). The maximum absolute atomic E-state index is 12.4. The smallest absolute Gasteiger partial charge is 0.271 e. The van der Waals surface area contributed by atoms with Crippen LogP contribution >= 0.6 is 0 Å². The van der Waals surface area contributed by atoms with Crippen LogP contribution in [-0.2, 0) is 11.4 Å². The van der Waals surface area contributed by atoms with Crippen molar-refractivity contribution in [1.29, 1.82) is 5.26 Å². The Morgan fingerprint density at radius 3 is 2.55 bits per heavy atom. The first-order valence-electron chi connectivity index (χ1n) is 9.40. The minimum absolute atomic E-state index is 0.125. The standard InChI is InChI=1S/C24H19N3O4/c1-17-4-2-5-19(12-17)16-31-23-10-8-18(9-11-23)13-20(15-25)24(28)26-21-6-3-7-22(14-21)27(29)30/h2-14H,16H2,1H3,(H,26,28)/b20-13+. The molecule has 0 heterocycles. The van der Waals surface area contributed by atoms with E-state index in [1.54, 1.807) is 24.3 Å². The molecule has 3 aromatic carbocycles. The molecule has 0 saturated carbocycles. The van der Waals surface area contributed by atoms with Gasteiger partial charge in [-0.1, -0.05) is 48.0 Å². The quantitative estimate of drug-likeness (QED) is 0.253. The highest BCUT2D eigenvalue weighted by molar-refractivity contribution is 6.09. The summed E-state index contributed by atoms with van der Waals surface area (Å²) in [4.78, 5) is 22.7. The molecule has 7 nitrogen and oxygen atoms in total. The van der Waals surface area contributed by atoms with Gasteiger partial charge < -0.3 is 10.1 Å². The molecule has 0 aliphatic heterocycles. The number of non-ortho nitro benzene ring substituents is 1. The van der Waals surface area contributed by atoms with Gasteiger partial charge in [0.05, 0.1) is 4.92 Å². The summed E-state index contributed by atoms with van der Waals surface area (Å²) in [6.45, 7) is 2.46. The third kappa shape index (κ3) is 6.02. The van der Waals surface area contributed by atoms with Gasteiger partial charge in [-0.05, 0) is 42.3 Å². The van der Waals surface area contributed by atoms with Crippen molar-refractivity contribution >= 4 is 23.4 Å². The molecule has 0 fully saturated rings. The largest absolute Gasteiger partial charge is 0.489 e. The minimum Gasteiger partial charge on any atom is -0.489 e. The number of hydrogen-bond donors (Lipinski definition) is 1. The molecule has 0 atom stereocenters. The number of carbonyl (C=O) groups is 1. The zero-order chi connectivity index (χ0) is 22.2. The highest BCUT2D eigenvalue weighted by Gasteiger charge is 2.12. The van der Waals surface area contributed by atoms with Crippen molar-refractivity contribution in [3.63, 3.8) is 0 Å². The van der Waals surface area contributed by atoms with E-state index >= 15 is 0 Å². The first-order chi connectivity index (χ1) is 14.9. The summed E-state index contributed by atoms with van der Waals surface area (Å²) in [5, 5.41) is 22.7. The number of ether oxygens (including phenoxy) is 1. The molecule has 0 aromatic heterocycles. The van der Waals surface area contributed by atoms with E-state index < -0.39 is 10.8 Å². The molecule has 3 aromatic rings. The number of amides is 1. The molecule has 0 saturated heterocycles. The van der Waals surface area contributed by atoms with Crippen molar-refractivity contribution in [2.24, 2.45) is 0 Å². The number of anilines is 1. The van der Waals surface area contributed by atoms with E-state index in [-0.39, 0.29) is 16.9 Å². The maximum Gasteiger partial charge on any atom is 0.271 e. The Labute approximate surface area is 179 Å². The number of carbonyl (C=O) groups excluding carboxylic acids is 1. The lowest BCUT2D eigenvalue weighted by Gasteiger charge is -2.07. The van der Waals surface area contributed by atoms with Gasteiger partial charge >= 0.3 is 0 Å². The Balaban J connectivity index is 1.66. The first kappa shape index (κ1) is 21.3. The Hall–Kier alpha value is -4.44. The fraction of sp³-hybridized carbons (Fsp3) is 0.0833. The molecule has 0 aliphatic carbocycles. The van der Waals surface area contributed by atoms with Gasteiger partial charge in [0, 0.05) is 17.8 Å². The normalized spacial score (nSPS) is 10.8. The van der Waals surface area contributed by atoms with Crippen LogP contribution in [0.5, 0.6) is 5.75 Å². The van der Waals surface area contributed by atoms with Gasteiger partial charge in [0.15, 0.2) is 0 Å². The molecule has 0 radical (unpaired) electrons. The van der Waals surface area contributed by atoms with Crippen LogP contribution in [-0.4, -0.2) is 10.8 Å². The Bertz CT molecular complexity index is 1180. The number of benzene rings is 3. The second-order valence-corrected chi connectivity index (χ2v) is 6.78. The minimum atomic E-state index is -0.650. The van der Waals surface area contributed by atoms with Crippen molar-refractivity contribution in [2.45, 2.75) is 13.5 Å². The second kappa shape index (κ2) is 9.85. The fourth-order valence-electron chi connectivity index (χ4n) is 2.84. The average Bonchev–Trinajstić information content (AvgIpc) is 2.77. The zero-order valence-electron chi connectivity index (χ0n) is 16.7. The van der Waals surface area contributed by atoms with Gasteiger partial charge in [0.2, 0.25) is 0 Å². The van der Waals surface area contributed by atoms with Crippen molar-refractivity contribution in [1.82, 2.24) is 0 Å². The average molecular weight is 413 g/mol. The van der Waals surface area contributed by atoms with E-state index in [1.165, 1.54) is 30.3 Å². The number of nitrogens with zero attached hydrogens (tertiary/aromatic N) is 2. The summed E-state index contributed by atoms with van der Waals surface area (Å²) in [7, 11) is 0. The molecular formula is C24H19N3O4. The highest BCUT2D eigenvalue weighted by Crippen LogP contribution is 2.19. The lowest BCUT2D eigenvalue weighted by atomic mass is 10.1. The number of nitrogens with one attached hydrogen (secondary N) is 1. The van der Waals surface area contributed by atoms with Gasteiger partial charge in [-0.15, -0.1) is 0 Å². The van der Waals surface area contributed by atoms with Crippen LogP contribution in [0.25, 0.3) is 6.08 Å². The summed E-state index contributed by atoms with van der Waals surface area (Å²) in [6, 6.07) is 22.4. The van der Waals surface area contributed by atoms with E-state index in [0.717, 1.165) is 11.1 Å². The molecule has 0 bridgehead atoms. The van der Waals surface area contributed by atoms with E-state index in [0.29, 0.717) is 17.9 Å². The highest BCUT2D eigenvalue weighted by atomic mass is 16.6. The predicted molar refractivity (Wildman–Crippen MR) is 117 cm³/mol. The van der Waals surface area contributed by atoms with Crippen LogP contribution in [0, 0.1) is 28.4 Å². The van der Waals surface area contributed by atoms with Crippen LogP contribution in [0.2, 0.25) is 0 Å². The van der Waals surface area contributed by atoms with E-state index in [9.17, 15) is 20.2 Å². The number of aryl methyl sites for hydroxylation is 1. The molecule has 154 valence electrons. The third-order valence-electron chi connectivity index (χ3n) is 4.36. The van der Waals surface area contributed by atoms with Gasteiger partial charge in [-0.3, -0.25) is 14.9 Å². The Morgan fingerprint density at radius 2 is 1.87 bits per heavy atom. The number of nitro groups is 1. The summed E-state index contributed by atoms with van der Waals surface area (Å²) in [5.41, 5.74) is 2.83. The summed E-state index contributed by atoms with van der Waals surface area (Å²) in [5.74, 6) is 0.0148. The van der Waals surface area contributed by atoms with Crippen LogP contribution in [0.4, 0.5) is 11.4 Å². The molecule has 7 heteroatoms. The first-order valence-corrected chi connectivity index (χ1v) is 9.40. The summed E-state index contributed by atoms with van der Waals surface area (Å²) < 4.78 is 5.77. The van der Waals surface area contributed by atoms with Crippen LogP contribution < -0.4 is 10.1 Å². The predicted octanol–water partition coefficient (Wildman–Crippen LogP) is 5.03. The molecular weight excluding hydrogens is 394 g/mol. The SMILES string of the molecule is Cc1cccc(COc2ccc(/C=C(\C#N)C(=O)Nc3cccc([N+](=O)[O-])c3)cc2)c1. The summed E-state index contributed by atoms with van der Waals surface area (Å²) in [6.07, 6.45) is 1.44. The number of hydrogen-bond acceptors (Lipinski definition) is 5. The van der Waals surface area contributed by atoms with Crippen molar-refractivity contribution in [2.75, 3.05) is 5.32 Å². The molecule has 1 amide bonds. The van der Waals surface area contributed by atoms with E-state index in [4.69, 9.17) is 4.74 Å². The van der Waals surface area contributed by atoms with Crippen LogP contribution in [0.15, 0.2) is 78.4 Å². The Morgan fingerprint density at radius 1 is 1.13 bits per heavy atom. The molecule has 1 N–H and O–H groups in total. The number of nitriles is 1. The van der Waals surface area contributed by atoms with Gasteiger partial charge in [0.1, 0.15) is 24.0 Å². The molecule has 0 aliphatic rings. The topological polar surface area (TPSA) is 105 Å². The maximum atomic E-state index is 12.4. The molecule has 0 spiro atoms. The number of rotatable bonds is 7. The van der Waals surface area contributed by atoms with Crippen LogP contribution in [0.3, 0.4) is 0 Å². The van der Waals surface area contributed by atoms with Crippen molar-refractivity contribution in [3.05, 3.63) is 105 Å². The third-order valence-corrected chi connectivity index (χ3v) is 4.36. The Kier molecular flexibility index (Phi) is 6.76. The lowest BCUT2D eigenvalue weighted by molar-refractivity contribution is -0.384. The monoisotopic (exact) mass is 413 g/mol. The van der Waals surface area contributed by atoms with Crippen molar-refractivity contribution in [3.8, 4) is 11.8 Å². The zero-order valence-corrected chi connectivity index (χ0v) is 16.7. The lowest BCUT2D eigenvalue weighted by Crippen LogP contribution is -2.13. The fourth-order valence-corrected chi connectivity index (χ4v) is 2.84.